The summed E-state index contributed by atoms with van der Waals surface area (Å²) in [7, 11) is 3.29. The number of rotatable bonds is 7. The molecule has 0 bridgehead atoms. The lowest BCUT2D eigenvalue weighted by Crippen LogP contribution is -2.22. The SMILES string of the molecule is COCCCOc1cc2c(nc1OC)C=N[C@H](C(C)C)C2. The standard InChI is InChI=1S/C16H24N2O3/c1-11(2)13-8-12-9-15(21-7-5-6-19-3)16(20-4)18-14(12)10-17-13/h9-11,13H,5-8H2,1-4H3/t13-/m0/s1. The predicted octanol–water partition coefficient (Wildman–Crippen LogP) is 2.51. The van der Waals surface area contributed by atoms with Gasteiger partial charge in [0.05, 0.1) is 25.5 Å². The Morgan fingerprint density at radius 3 is 2.76 bits per heavy atom. The quantitative estimate of drug-likeness (QED) is 0.725. The lowest BCUT2D eigenvalue weighted by Gasteiger charge is -2.22. The van der Waals surface area contributed by atoms with Gasteiger partial charge in [0.2, 0.25) is 0 Å². The van der Waals surface area contributed by atoms with Crippen LogP contribution >= 0.6 is 0 Å². The molecular weight excluding hydrogens is 268 g/mol. The van der Waals surface area contributed by atoms with Crippen molar-refractivity contribution in [2.24, 2.45) is 10.9 Å². The van der Waals surface area contributed by atoms with Crippen molar-refractivity contribution in [1.82, 2.24) is 4.98 Å². The van der Waals surface area contributed by atoms with Crippen LogP contribution in [0.5, 0.6) is 11.6 Å². The van der Waals surface area contributed by atoms with Crippen LogP contribution in [-0.2, 0) is 11.2 Å². The summed E-state index contributed by atoms with van der Waals surface area (Å²) < 4.78 is 16.1. The van der Waals surface area contributed by atoms with Gasteiger partial charge in [0, 0.05) is 26.4 Å². The highest BCUT2D eigenvalue weighted by Crippen LogP contribution is 2.30. The van der Waals surface area contributed by atoms with E-state index in [2.05, 4.69) is 23.8 Å². The maximum Gasteiger partial charge on any atom is 0.257 e. The summed E-state index contributed by atoms with van der Waals surface area (Å²) in [4.78, 5) is 9.06. The highest BCUT2D eigenvalue weighted by atomic mass is 16.5. The van der Waals surface area contributed by atoms with Crippen molar-refractivity contribution in [1.29, 1.82) is 0 Å². The lowest BCUT2D eigenvalue weighted by molar-refractivity contribution is 0.170. The Balaban J connectivity index is 2.15. The van der Waals surface area contributed by atoms with E-state index in [-0.39, 0.29) is 0 Å². The average molecular weight is 292 g/mol. The highest BCUT2D eigenvalue weighted by Gasteiger charge is 2.21. The van der Waals surface area contributed by atoms with Crippen molar-refractivity contribution >= 4 is 6.21 Å². The number of methoxy groups -OCH3 is 2. The Hall–Kier alpha value is -1.62. The van der Waals surface area contributed by atoms with Crippen molar-refractivity contribution < 1.29 is 14.2 Å². The number of fused-ring (bicyclic) bond motifs is 1. The van der Waals surface area contributed by atoms with Crippen LogP contribution in [0.3, 0.4) is 0 Å². The molecule has 0 radical (unpaired) electrons. The fourth-order valence-electron chi connectivity index (χ4n) is 2.29. The minimum Gasteiger partial charge on any atom is -0.488 e. The van der Waals surface area contributed by atoms with Gasteiger partial charge < -0.3 is 14.2 Å². The van der Waals surface area contributed by atoms with E-state index in [1.165, 1.54) is 5.56 Å². The van der Waals surface area contributed by atoms with Crippen LogP contribution < -0.4 is 9.47 Å². The lowest BCUT2D eigenvalue weighted by atomic mass is 9.94. The number of nitrogens with zero attached hydrogens (tertiary/aromatic N) is 2. The molecule has 0 amide bonds. The Bertz CT molecular complexity index is 501. The van der Waals surface area contributed by atoms with E-state index in [1.54, 1.807) is 14.2 Å². The van der Waals surface area contributed by atoms with Crippen LogP contribution in [0.15, 0.2) is 11.1 Å². The second-order valence-corrected chi connectivity index (χ2v) is 5.53. The molecule has 0 aliphatic carbocycles. The molecular formula is C16H24N2O3. The number of hydrogen-bond donors (Lipinski definition) is 0. The van der Waals surface area contributed by atoms with Gasteiger partial charge in [-0.1, -0.05) is 13.8 Å². The largest absolute Gasteiger partial charge is 0.488 e. The summed E-state index contributed by atoms with van der Waals surface area (Å²) >= 11 is 0. The number of aromatic nitrogens is 1. The van der Waals surface area contributed by atoms with E-state index in [0.29, 0.717) is 36.8 Å². The van der Waals surface area contributed by atoms with E-state index < -0.39 is 0 Å². The zero-order valence-corrected chi connectivity index (χ0v) is 13.3. The molecule has 0 N–H and O–H groups in total. The molecule has 0 saturated carbocycles. The summed E-state index contributed by atoms with van der Waals surface area (Å²) in [5, 5.41) is 0. The number of aliphatic imine (C=N–C) groups is 1. The van der Waals surface area contributed by atoms with Crippen LogP contribution in [0.1, 0.15) is 31.5 Å². The number of pyridine rings is 1. The van der Waals surface area contributed by atoms with Gasteiger partial charge in [0.15, 0.2) is 5.75 Å². The number of hydrogen-bond acceptors (Lipinski definition) is 5. The van der Waals surface area contributed by atoms with Crippen LogP contribution in [0.25, 0.3) is 0 Å². The Morgan fingerprint density at radius 2 is 2.10 bits per heavy atom. The van der Waals surface area contributed by atoms with Crippen LogP contribution in [0, 0.1) is 5.92 Å². The van der Waals surface area contributed by atoms with Crippen LogP contribution in [-0.4, -0.2) is 44.7 Å². The minimum absolute atomic E-state index is 0.314. The first kappa shape index (κ1) is 15.8. The van der Waals surface area contributed by atoms with Gasteiger partial charge in [0.25, 0.3) is 5.88 Å². The second kappa shape index (κ2) is 7.41. The molecule has 0 spiro atoms. The van der Waals surface area contributed by atoms with Crippen LogP contribution in [0.2, 0.25) is 0 Å². The summed E-state index contributed by atoms with van der Waals surface area (Å²) in [6, 6.07) is 2.35. The molecule has 5 nitrogen and oxygen atoms in total. The third-order valence-corrected chi connectivity index (χ3v) is 3.60. The molecule has 21 heavy (non-hydrogen) atoms. The van der Waals surface area contributed by atoms with E-state index >= 15 is 0 Å². The third-order valence-electron chi connectivity index (χ3n) is 3.60. The molecule has 0 saturated heterocycles. The summed E-state index contributed by atoms with van der Waals surface area (Å²) in [6.45, 7) is 5.65. The van der Waals surface area contributed by atoms with Gasteiger partial charge in [-0.3, -0.25) is 4.99 Å². The van der Waals surface area contributed by atoms with Gasteiger partial charge in [-0.15, -0.1) is 0 Å². The molecule has 1 aliphatic rings. The van der Waals surface area contributed by atoms with Crippen molar-refractivity contribution in [3.63, 3.8) is 0 Å². The highest BCUT2D eigenvalue weighted by molar-refractivity contribution is 5.81. The van der Waals surface area contributed by atoms with Gasteiger partial charge in [-0.2, -0.15) is 0 Å². The van der Waals surface area contributed by atoms with E-state index in [4.69, 9.17) is 14.2 Å². The monoisotopic (exact) mass is 292 g/mol. The average Bonchev–Trinajstić information content (AvgIpc) is 2.50. The first-order chi connectivity index (χ1) is 10.2. The first-order valence-electron chi connectivity index (χ1n) is 7.38. The zero-order chi connectivity index (χ0) is 15.2. The third kappa shape index (κ3) is 3.94. The summed E-state index contributed by atoms with van der Waals surface area (Å²) in [6.07, 6.45) is 3.59. The maximum atomic E-state index is 5.78. The van der Waals surface area contributed by atoms with Crippen molar-refractivity contribution in [3.05, 3.63) is 17.3 Å². The fourth-order valence-corrected chi connectivity index (χ4v) is 2.29. The molecule has 1 aromatic heterocycles. The van der Waals surface area contributed by atoms with Gasteiger partial charge in [-0.05, 0) is 24.0 Å². The topological polar surface area (TPSA) is 52.9 Å². The molecule has 5 heteroatoms. The Kier molecular flexibility index (Phi) is 5.56. The van der Waals surface area contributed by atoms with Crippen molar-refractivity contribution in [3.8, 4) is 11.6 Å². The fraction of sp³-hybridized carbons (Fsp3) is 0.625. The van der Waals surface area contributed by atoms with Gasteiger partial charge in [-0.25, -0.2) is 4.98 Å². The van der Waals surface area contributed by atoms with Crippen LogP contribution in [0.4, 0.5) is 0 Å². The van der Waals surface area contributed by atoms with E-state index in [1.807, 2.05) is 12.3 Å². The maximum absolute atomic E-state index is 5.78. The van der Waals surface area contributed by atoms with Gasteiger partial charge in [0.1, 0.15) is 0 Å². The van der Waals surface area contributed by atoms with Crippen molar-refractivity contribution in [2.45, 2.75) is 32.7 Å². The summed E-state index contributed by atoms with van der Waals surface area (Å²) in [5.41, 5.74) is 2.05. The Labute approximate surface area is 126 Å². The molecule has 1 atom stereocenters. The summed E-state index contributed by atoms with van der Waals surface area (Å²) in [5.74, 6) is 1.73. The van der Waals surface area contributed by atoms with Gasteiger partial charge >= 0.3 is 0 Å². The number of ether oxygens (including phenoxy) is 3. The molecule has 1 aliphatic heterocycles. The molecule has 0 fully saturated rings. The predicted molar refractivity (Wildman–Crippen MR) is 82.7 cm³/mol. The smallest absolute Gasteiger partial charge is 0.257 e. The molecule has 2 heterocycles. The first-order valence-corrected chi connectivity index (χ1v) is 7.38. The van der Waals surface area contributed by atoms with E-state index in [9.17, 15) is 0 Å². The normalized spacial score (nSPS) is 16.9. The molecule has 0 unspecified atom stereocenters. The zero-order valence-electron chi connectivity index (χ0n) is 13.3. The van der Waals surface area contributed by atoms with Crippen molar-refractivity contribution in [2.75, 3.05) is 27.4 Å². The second-order valence-electron chi connectivity index (χ2n) is 5.53. The Morgan fingerprint density at radius 1 is 1.29 bits per heavy atom. The minimum atomic E-state index is 0.314. The molecule has 0 aromatic carbocycles. The molecule has 116 valence electrons. The molecule has 1 aromatic rings. The van der Waals surface area contributed by atoms with E-state index in [0.717, 1.165) is 18.5 Å². The molecule has 2 rings (SSSR count).